The van der Waals surface area contributed by atoms with Crippen LogP contribution in [0.3, 0.4) is 0 Å². The maximum absolute atomic E-state index is 13.0. The number of hydrogen-bond donors (Lipinski definition) is 7. The minimum atomic E-state index is -5.12. The average molecular weight is 834 g/mol. The maximum atomic E-state index is 13.0. The Hall–Kier alpha value is -1.72. The highest BCUT2D eigenvalue weighted by atomic mass is 32.3. The zero-order valence-corrected chi connectivity index (χ0v) is 35.8. The molecule has 8 atom stereocenters. The Morgan fingerprint density at radius 1 is 0.702 bits per heavy atom. The molecule has 334 valence electrons. The van der Waals surface area contributed by atoms with Crippen LogP contribution in [0.25, 0.3) is 0 Å². The van der Waals surface area contributed by atoms with Gasteiger partial charge in [-0.25, -0.2) is 4.18 Å². The summed E-state index contributed by atoms with van der Waals surface area (Å²) in [4.78, 5) is 13.0. The predicted octanol–water partition coefficient (Wildman–Crippen LogP) is 6.91. The van der Waals surface area contributed by atoms with E-state index in [0.717, 1.165) is 44.9 Å². The van der Waals surface area contributed by atoms with Crippen LogP contribution in [-0.2, 0) is 28.9 Å². The largest absolute Gasteiger partial charge is 0.397 e. The van der Waals surface area contributed by atoms with Crippen LogP contribution in [0.15, 0.2) is 36.5 Å². The molecular formula is C43H79NO12S. The van der Waals surface area contributed by atoms with Crippen LogP contribution in [0.2, 0.25) is 0 Å². The summed E-state index contributed by atoms with van der Waals surface area (Å²) in [6.07, 6.45) is 26.8. The van der Waals surface area contributed by atoms with Crippen LogP contribution < -0.4 is 5.32 Å². The quantitative estimate of drug-likeness (QED) is 0.0195. The van der Waals surface area contributed by atoms with Crippen molar-refractivity contribution < 1.29 is 57.0 Å². The van der Waals surface area contributed by atoms with E-state index in [1.54, 1.807) is 6.08 Å². The molecular weight excluding hydrogens is 755 g/mol. The summed E-state index contributed by atoms with van der Waals surface area (Å²) in [5, 5.41) is 54.9. The topological polar surface area (TPSA) is 212 Å². The van der Waals surface area contributed by atoms with E-state index in [9.17, 15) is 38.7 Å². The third kappa shape index (κ3) is 26.9. The highest BCUT2D eigenvalue weighted by Gasteiger charge is 2.48. The van der Waals surface area contributed by atoms with Crippen molar-refractivity contribution in [1.82, 2.24) is 5.32 Å². The summed E-state index contributed by atoms with van der Waals surface area (Å²) in [7, 11) is -5.12. The van der Waals surface area contributed by atoms with Crippen molar-refractivity contribution >= 4 is 16.3 Å². The van der Waals surface area contributed by atoms with E-state index in [2.05, 4.69) is 47.7 Å². The number of allylic oxidation sites excluding steroid dienone is 5. The number of ether oxygens (including phenoxy) is 2. The molecule has 0 bridgehead atoms. The first-order valence-electron chi connectivity index (χ1n) is 22.0. The van der Waals surface area contributed by atoms with E-state index in [1.807, 2.05) is 0 Å². The van der Waals surface area contributed by atoms with Gasteiger partial charge in [-0.3, -0.25) is 9.35 Å². The minimum Gasteiger partial charge on any atom is -0.394 e. The molecule has 7 N–H and O–H groups in total. The molecule has 1 fully saturated rings. The molecule has 0 aromatic heterocycles. The summed E-state index contributed by atoms with van der Waals surface area (Å²) >= 11 is 0. The van der Waals surface area contributed by atoms with Crippen LogP contribution in [0.1, 0.15) is 168 Å². The Morgan fingerprint density at radius 2 is 1.18 bits per heavy atom. The van der Waals surface area contributed by atoms with Gasteiger partial charge in [-0.15, -0.1) is 0 Å². The second-order valence-corrected chi connectivity index (χ2v) is 16.5. The second-order valence-electron chi connectivity index (χ2n) is 15.4. The summed E-state index contributed by atoms with van der Waals surface area (Å²) in [5.74, 6) is -0.720. The van der Waals surface area contributed by atoms with Crippen molar-refractivity contribution in [2.75, 3.05) is 13.2 Å². The van der Waals surface area contributed by atoms with Gasteiger partial charge in [-0.1, -0.05) is 159 Å². The molecule has 0 aliphatic carbocycles. The first kappa shape index (κ1) is 53.3. The lowest BCUT2D eigenvalue weighted by molar-refractivity contribution is -0.298. The van der Waals surface area contributed by atoms with Gasteiger partial charge in [-0.2, -0.15) is 8.42 Å². The monoisotopic (exact) mass is 834 g/mol. The zero-order chi connectivity index (χ0) is 42.2. The maximum Gasteiger partial charge on any atom is 0.397 e. The van der Waals surface area contributed by atoms with E-state index in [0.29, 0.717) is 12.8 Å². The fourth-order valence-corrected chi connectivity index (χ4v) is 7.23. The van der Waals surface area contributed by atoms with Crippen LogP contribution in [0, 0.1) is 0 Å². The van der Waals surface area contributed by atoms with Crippen molar-refractivity contribution in [1.29, 1.82) is 0 Å². The minimum absolute atomic E-state index is 0.234. The fourth-order valence-electron chi connectivity index (χ4n) is 6.73. The van der Waals surface area contributed by atoms with Crippen LogP contribution in [-0.4, -0.2) is 107 Å². The van der Waals surface area contributed by atoms with Gasteiger partial charge in [0, 0.05) is 0 Å². The van der Waals surface area contributed by atoms with Crippen LogP contribution in [0.4, 0.5) is 0 Å². The SMILES string of the molecule is CCCCCCCCCCC/C=C/CC/C=C/CC/C=C/C(O)C(COC1OC(CO)C(O)C(OS(=O)(=O)O)C1O)NC(=O)C(O)CCCCCCCCCCC. The molecule has 0 aromatic rings. The van der Waals surface area contributed by atoms with Gasteiger partial charge >= 0.3 is 10.4 Å². The fraction of sp³-hybridized carbons (Fsp3) is 0.837. The van der Waals surface area contributed by atoms with Gasteiger partial charge in [0.25, 0.3) is 0 Å². The number of carbonyl (C=O) groups is 1. The van der Waals surface area contributed by atoms with Gasteiger partial charge in [-0.05, 0) is 44.9 Å². The number of aliphatic hydroxyl groups is 5. The molecule has 1 aliphatic heterocycles. The summed E-state index contributed by atoms with van der Waals surface area (Å²) in [6, 6.07) is -1.14. The Balaban J connectivity index is 2.64. The standard InChI is InChI=1S/C43H79NO12S/c1-3-5-7-9-11-13-14-15-16-17-18-19-20-21-22-24-25-27-29-31-36(46)35(44-42(50)37(47)32-30-28-26-23-12-10-8-6-4-2)34-54-43-40(49)41(56-57(51,52)53)39(48)38(33-45)55-43/h18-19,22,24,29,31,35-41,43,45-49H,3-17,20-21,23,25-28,30,32-34H2,1-2H3,(H,44,50)(H,51,52,53)/b19-18+,24-22+,31-29+. The number of aliphatic hydroxyl groups excluding tert-OH is 5. The molecule has 0 radical (unpaired) electrons. The molecule has 0 spiro atoms. The summed E-state index contributed by atoms with van der Waals surface area (Å²) in [5.41, 5.74) is 0. The lowest BCUT2D eigenvalue weighted by Crippen LogP contribution is -2.61. The van der Waals surface area contributed by atoms with Crippen LogP contribution in [0.5, 0.6) is 0 Å². The van der Waals surface area contributed by atoms with E-state index < -0.39 is 78.5 Å². The average Bonchev–Trinajstić information content (AvgIpc) is 3.18. The number of nitrogens with one attached hydrogen (secondary N) is 1. The van der Waals surface area contributed by atoms with Crippen molar-refractivity contribution in [3.63, 3.8) is 0 Å². The number of unbranched alkanes of at least 4 members (excludes halogenated alkanes) is 19. The second kappa shape index (κ2) is 34.0. The predicted molar refractivity (Wildman–Crippen MR) is 224 cm³/mol. The first-order valence-corrected chi connectivity index (χ1v) is 23.3. The third-order valence-corrected chi connectivity index (χ3v) is 10.7. The normalized spacial score (nSPS) is 22.1. The Labute approximate surface area is 344 Å². The molecule has 0 saturated carbocycles. The number of carbonyl (C=O) groups excluding carboxylic acids is 1. The summed E-state index contributed by atoms with van der Waals surface area (Å²) in [6.45, 7) is 3.14. The molecule has 13 nitrogen and oxygen atoms in total. The molecule has 1 saturated heterocycles. The van der Waals surface area contributed by atoms with Gasteiger partial charge in [0.1, 0.15) is 30.5 Å². The van der Waals surface area contributed by atoms with Crippen LogP contribution >= 0.6 is 0 Å². The molecule has 1 amide bonds. The van der Waals surface area contributed by atoms with E-state index in [4.69, 9.17) is 14.0 Å². The van der Waals surface area contributed by atoms with Gasteiger partial charge in [0.05, 0.1) is 25.4 Å². The van der Waals surface area contributed by atoms with Crippen molar-refractivity contribution in [3.8, 4) is 0 Å². The molecule has 0 aromatic carbocycles. The Kier molecular flexibility index (Phi) is 31.8. The zero-order valence-electron chi connectivity index (χ0n) is 35.0. The van der Waals surface area contributed by atoms with E-state index in [-0.39, 0.29) is 6.42 Å². The molecule has 1 rings (SSSR count). The highest BCUT2D eigenvalue weighted by Crippen LogP contribution is 2.26. The van der Waals surface area contributed by atoms with E-state index in [1.165, 1.54) is 96.0 Å². The first-order chi connectivity index (χ1) is 27.4. The number of rotatable bonds is 36. The van der Waals surface area contributed by atoms with Crippen molar-refractivity contribution in [3.05, 3.63) is 36.5 Å². The van der Waals surface area contributed by atoms with Gasteiger partial charge < -0.3 is 40.3 Å². The van der Waals surface area contributed by atoms with Gasteiger partial charge in [0.15, 0.2) is 6.29 Å². The lowest BCUT2D eigenvalue weighted by Gasteiger charge is -2.41. The van der Waals surface area contributed by atoms with Gasteiger partial charge in [0.2, 0.25) is 5.91 Å². The number of amides is 1. The molecule has 57 heavy (non-hydrogen) atoms. The molecule has 14 heteroatoms. The summed E-state index contributed by atoms with van der Waals surface area (Å²) < 4.78 is 47.3. The lowest BCUT2D eigenvalue weighted by atomic mass is 9.99. The van der Waals surface area contributed by atoms with Crippen molar-refractivity contribution in [2.45, 2.75) is 217 Å². The highest BCUT2D eigenvalue weighted by molar-refractivity contribution is 7.80. The van der Waals surface area contributed by atoms with Crippen molar-refractivity contribution in [2.24, 2.45) is 0 Å². The Morgan fingerprint density at radius 3 is 1.68 bits per heavy atom. The third-order valence-electron chi connectivity index (χ3n) is 10.3. The molecule has 1 aliphatic rings. The smallest absolute Gasteiger partial charge is 0.394 e. The molecule has 1 heterocycles. The number of hydrogen-bond acceptors (Lipinski definition) is 11. The van der Waals surface area contributed by atoms with E-state index >= 15 is 0 Å². The molecule has 8 unspecified atom stereocenters. The Bertz CT molecular complexity index is 1180.